The number of ether oxygens (including phenoxy) is 2. The normalized spacial score (nSPS) is 19.4. The van der Waals surface area contributed by atoms with E-state index in [0.717, 1.165) is 43.7 Å². The summed E-state index contributed by atoms with van der Waals surface area (Å²) in [4.78, 5) is 15.8. The van der Waals surface area contributed by atoms with Gasteiger partial charge in [-0.3, -0.25) is 4.79 Å². The van der Waals surface area contributed by atoms with E-state index in [1.54, 1.807) is 19.2 Å². The van der Waals surface area contributed by atoms with Crippen LogP contribution in [0.1, 0.15) is 31.2 Å². The first kappa shape index (κ1) is 28.6. The highest BCUT2D eigenvalue weighted by Crippen LogP contribution is 2.34. The lowest BCUT2D eigenvalue weighted by molar-refractivity contribution is -0.137. The number of carboxylic acid groups (broad SMARTS) is 1. The summed E-state index contributed by atoms with van der Waals surface area (Å²) < 4.78 is 25.9. The fraction of sp³-hybridized carbons (Fsp3) is 0.387. The molecule has 0 radical (unpaired) electrons. The maximum absolute atomic E-state index is 14.4. The minimum absolute atomic E-state index is 0. The summed E-state index contributed by atoms with van der Waals surface area (Å²) in [7, 11) is 1.58. The maximum Gasteiger partial charge on any atom is 0.305 e. The van der Waals surface area contributed by atoms with Gasteiger partial charge in [-0.15, -0.1) is 12.4 Å². The predicted molar refractivity (Wildman–Crippen MR) is 154 cm³/mol. The van der Waals surface area contributed by atoms with Crippen molar-refractivity contribution in [3.8, 4) is 11.5 Å². The van der Waals surface area contributed by atoms with Crippen LogP contribution in [0.25, 0.3) is 0 Å². The molecule has 208 valence electrons. The molecular formula is C31H36ClFN2O4. The molecule has 3 aromatic rings. The molecule has 2 aliphatic heterocycles. The van der Waals surface area contributed by atoms with Gasteiger partial charge in [0.1, 0.15) is 23.4 Å². The van der Waals surface area contributed by atoms with Gasteiger partial charge in [-0.1, -0.05) is 30.3 Å². The number of halogens is 2. The maximum atomic E-state index is 14.4. The van der Waals surface area contributed by atoms with Crippen molar-refractivity contribution < 1.29 is 23.8 Å². The van der Waals surface area contributed by atoms with Gasteiger partial charge in [0.25, 0.3) is 0 Å². The van der Waals surface area contributed by atoms with Gasteiger partial charge >= 0.3 is 5.97 Å². The molecule has 0 amide bonds. The van der Waals surface area contributed by atoms with Crippen LogP contribution in [0.5, 0.6) is 11.5 Å². The molecule has 0 aromatic heterocycles. The summed E-state index contributed by atoms with van der Waals surface area (Å²) in [5, 5.41) is 9.50. The second kappa shape index (κ2) is 13.1. The molecule has 2 heterocycles. The van der Waals surface area contributed by atoms with Gasteiger partial charge in [0.05, 0.1) is 19.2 Å². The van der Waals surface area contributed by atoms with Gasteiger partial charge in [-0.05, 0) is 60.7 Å². The molecule has 6 nitrogen and oxygen atoms in total. The summed E-state index contributed by atoms with van der Waals surface area (Å²) in [6.45, 7) is 2.26. The summed E-state index contributed by atoms with van der Waals surface area (Å²) in [5.41, 5.74) is 2.89. The monoisotopic (exact) mass is 554 g/mol. The van der Waals surface area contributed by atoms with Gasteiger partial charge in [-0.2, -0.15) is 0 Å². The molecule has 0 bridgehead atoms. The Morgan fingerprint density at radius 1 is 1.00 bits per heavy atom. The van der Waals surface area contributed by atoms with Crippen LogP contribution in [0.15, 0.2) is 72.8 Å². The van der Waals surface area contributed by atoms with Crippen LogP contribution in [0.4, 0.5) is 15.8 Å². The zero-order chi connectivity index (χ0) is 26.5. The Morgan fingerprint density at radius 2 is 1.69 bits per heavy atom. The number of nitrogens with zero attached hydrogens (tertiary/aromatic N) is 2. The van der Waals surface area contributed by atoms with Crippen molar-refractivity contribution in [1.29, 1.82) is 0 Å². The molecule has 2 saturated heterocycles. The number of piperidine rings is 1. The first-order valence-corrected chi connectivity index (χ1v) is 13.4. The number of benzene rings is 3. The van der Waals surface area contributed by atoms with E-state index in [1.807, 2.05) is 35.2 Å². The summed E-state index contributed by atoms with van der Waals surface area (Å²) in [6, 6.07) is 23.2. The zero-order valence-corrected chi connectivity index (χ0v) is 23.0. The number of carboxylic acids is 1. The number of anilines is 2. The van der Waals surface area contributed by atoms with Crippen LogP contribution in [0.3, 0.4) is 0 Å². The highest BCUT2D eigenvalue weighted by molar-refractivity contribution is 5.85. The third-order valence-electron chi connectivity index (χ3n) is 7.69. The number of methoxy groups -OCH3 is 1. The topological polar surface area (TPSA) is 62.2 Å². The van der Waals surface area contributed by atoms with Crippen molar-refractivity contribution in [2.24, 2.45) is 5.92 Å². The Morgan fingerprint density at radius 3 is 2.36 bits per heavy atom. The summed E-state index contributed by atoms with van der Waals surface area (Å²) >= 11 is 0. The number of rotatable bonds is 9. The average Bonchev–Trinajstić information content (AvgIpc) is 3.31. The lowest BCUT2D eigenvalue weighted by Crippen LogP contribution is -2.38. The molecule has 3 aromatic carbocycles. The smallest absolute Gasteiger partial charge is 0.305 e. The molecular weight excluding hydrogens is 519 g/mol. The quantitative estimate of drug-likeness (QED) is 0.339. The Hall–Kier alpha value is -3.45. The molecule has 0 spiro atoms. The standard InChI is InChI=1S/C31H35FN2O4.ClH/c1-37-28-11-12-29(32)30(20-28)33-15-13-27(14-16-33)38-26-9-7-24(8-10-26)34-21-23(18-25(34)19-31(35)36)17-22-5-3-2-4-6-22;/h2-12,20,23,25,27H,13-19,21H2,1H3,(H,35,36);1H/t23-,25+;/m1./s1. The molecule has 0 aliphatic carbocycles. The van der Waals surface area contributed by atoms with E-state index in [2.05, 4.69) is 29.2 Å². The first-order valence-electron chi connectivity index (χ1n) is 13.4. The Balaban J connectivity index is 0.00000353. The highest BCUT2D eigenvalue weighted by atomic mass is 35.5. The van der Waals surface area contributed by atoms with E-state index in [-0.39, 0.29) is 36.8 Å². The number of aliphatic carboxylic acids is 1. The molecule has 5 rings (SSSR count). The predicted octanol–water partition coefficient (Wildman–Crippen LogP) is 6.22. The largest absolute Gasteiger partial charge is 0.497 e. The molecule has 0 unspecified atom stereocenters. The van der Waals surface area contributed by atoms with Gasteiger partial charge in [0, 0.05) is 50.3 Å². The molecule has 0 saturated carbocycles. The summed E-state index contributed by atoms with van der Waals surface area (Å²) in [5.74, 6) is 0.858. The van der Waals surface area contributed by atoms with Crippen molar-refractivity contribution in [3.63, 3.8) is 0 Å². The zero-order valence-electron chi connectivity index (χ0n) is 22.2. The van der Waals surface area contributed by atoms with Gasteiger partial charge in [0.15, 0.2) is 0 Å². The highest BCUT2D eigenvalue weighted by Gasteiger charge is 2.33. The first-order chi connectivity index (χ1) is 18.5. The van der Waals surface area contributed by atoms with E-state index < -0.39 is 5.97 Å². The fourth-order valence-corrected chi connectivity index (χ4v) is 5.81. The average molecular weight is 555 g/mol. The number of hydrogen-bond acceptors (Lipinski definition) is 5. The third-order valence-corrected chi connectivity index (χ3v) is 7.69. The minimum Gasteiger partial charge on any atom is -0.497 e. The second-order valence-corrected chi connectivity index (χ2v) is 10.3. The van der Waals surface area contributed by atoms with Crippen LogP contribution >= 0.6 is 12.4 Å². The number of hydrogen-bond donors (Lipinski definition) is 1. The Kier molecular flexibility index (Phi) is 9.57. The van der Waals surface area contributed by atoms with Crippen molar-refractivity contribution in [3.05, 3.63) is 84.2 Å². The van der Waals surface area contributed by atoms with E-state index in [4.69, 9.17) is 9.47 Å². The third kappa shape index (κ3) is 7.15. The van der Waals surface area contributed by atoms with Gasteiger partial charge < -0.3 is 24.4 Å². The molecule has 1 N–H and O–H groups in total. The van der Waals surface area contributed by atoms with Crippen molar-refractivity contribution in [1.82, 2.24) is 0 Å². The lowest BCUT2D eigenvalue weighted by atomic mass is 9.96. The molecule has 2 fully saturated rings. The van der Waals surface area contributed by atoms with Crippen molar-refractivity contribution in [2.75, 3.05) is 36.5 Å². The lowest BCUT2D eigenvalue weighted by Gasteiger charge is -2.34. The minimum atomic E-state index is -0.763. The van der Waals surface area contributed by atoms with Crippen LogP contribution in [-0.2, 0) is 11.2 Å². The van der Waals surface area contributed by atoms with E-state index in [0.29, 0.717) is 30.4 Å². The fourth-order valence-electron chi connectivity index (χ4n) is 5.81. The molecule has 2 aliphatic rings. The van der Waals surface area contributed by atoms with Gasteiger partial charge in [-0.25, -0.2) is 4.39 Å². The van der Waals surface area contributed by atoms with E-state index >= 15 is 0 Å². The molecule has 8 heteroatoms. The van der Waals surface area contributed by atoms with Crippen molar-refractivity contribution in [2.45, 2.75) is 44.2 Å². The second-order valence-electron chi connectivity index (χ2n) is 10.3. The number of carbonyl (C=O) groups is 1. The van der Waals surface area contributed by atoms with E-state index in [1.165, 1.54) is 11.6 Å². The Labute approximate surface area is 235 Å². The Bertz CT molecular complexity index is 1220. The van der Waals surface area contributed by atoms with Crippen LogP contribution in [0, 0.1) is 11.7 Å². The van der Waals surface area contributed by atoms with Crippen molar-refractivity contribution >= 4 is 29.8 Å². The SMILES string of the molecule is COc1ccc(F)c(N2CCC(Oc3ccc(N4C[C@H](Cc5ccccc5)C[C@H]4CC(=O)O)cc3)CC2)c1.Cl. The molecule has 2 atom stereocenters. The van der Waals surface area contributed by atoms with Crippen LogP contribution in [-0.4, -0.2) is 50.0 Å². The van der Waals surface area contributed by atoms with Gasteiger partial charge in [0.2, 0.25) is 0 Å². The van der Waals surface area contributed by atoms with Crippen LogP contribution in [0.2, 0.25) is 0 Å². The summed E-state index contributed by atoms with van der Waals surface area (Å²) in [6.07, 6.45) is 3.61. The van der Waals surface area contributed by atoms with Crippen LogP contribution < -0.4 is 19.3 Å². The molecule has 39 heavy (non-hydrogen) atoms. The van der Waals surface area contributed by atoms with E-state index in [9.17, 15) is 14.3 Å².